The van der Waals surface area contributed by atoms with Gasteiger partial charge in [0.25, 0.3) is 0 Å². The third kappa shape index (κ3) is 1.38. The predicted molar refractivity (Wildman–Crippen MR) is 66.7 cm³/mol. The standard InChI is InChI=1S/C14H15NO3/c1-15-11-4-2-3-10(9(11)5-6-12(15)16)14(7-8-14)13(17)18/h2-4H,5-8H2,1H3,(H,17,18). The van der Waals surface area contributed by atoms with Crippen LogP contribution in [0.3, 0.4) is 0 Å². The molecule has 1 aliphatic heterocycles. The summed E-state index contributed by atoms with van der Waals surface area (Å²) < 4.78 is 0. The highest BCUT2D eigenvalue weighted by Gasteiger charge is 2.53. The monoisotopic (exact) mass is 245 g/mol. The van der Waals surface area contributed by atoms with E-state index in [2.05, 4.69) is 0 Å². The van der Waals surface area contributed by atoms with Gasteiger partial charge in [0, 0.05) is 19.2 Å². The van der Waals surface area contributed by atoms with Gasteiger partial charge < -0.3 is 10.0 Å². The minimum atomic E-state index is -0.740. The fraction of sp³-hybridized carbons (Fsp3) is 0.429. The van der Waals surface area contributed by atoms with Gasteiger partial charge in [0.1, 0.15) is 0 Å². The molecule has 1 amide bonds. The molecule has 0 aromatic heterocycles. The lowest BCUT2D eigenvalue weighted by Gasteiger charge is -2.29. The summed E-state index contributed by atoms with van der Waals surface area (Å²) in [5.41, 5.74) is 2.13. The molecule has 3 rings (SSSR count). The molecule has 1 aromatic rings. The Morgan fingerprint density at radius 3 is 2.67 bits per heavy atom. The first-order valence-corrected chi connectivity index (χ1v) is 6.18. The van der Waals surface area contributed by atoms with Gasteiger partial charge in [0.15, 0.2) is 0 Å². The average molecular weight is 245 g/mol. The Hall–Kier alpha value is -1.84. The van der Waals surface area contributed by atoms with Crippen LogP contribution in [0.15, 0.2) is 18.2 Å². The molecule has 94 valence electrons. The molecule has 1 fully saturated rings. The number of carboxylic acids is 1. The molecule has 1 aliphatic carbocycles. The molecule has 0 radical (unpaired) electrons. The maximum absolute atomic E-state index is 11.7. The molecule has 18 heavy (non-hydrogen) atoms. The Morgan fingerprint density at radius 1 is 1.33 bits per heavy atom. The van der Waals surface area contributed by atoms with Gasteiger partial charge in [-0.3, -0.25) is 9.59 Å². The first-order valence-electron chi connectivity index (χ1n) is 6.18. The topological polar surface area (TPSA) is 57.6 Å². The number of amides is 1. The lowest BCUT2D eigenvalue weighted by Crippen LogP contribution is -2.33. The van der Waals surface area contributed by atoms with Gasteiger partial charge in [-0.05, 0) is 36.5 Å². The minimum absolute atomic E-state index is 0.0971. The van der Waals surface area contributed by atoms with E-state index in [1.807, 2.05) is 18.2 Å². The quantitative estimate of drug-likeness (QED) is 0.863. The summed E-state index contributed by atoms with van der Waals surface area (Å²) in [6.07, 6.45) is 2.53. The summed E-state index contributed by atoms with van der Waals surface area (Å²) in [4.78, 5) is 24.8. The number of benzene rings is 1. The normalized spacial score (nSPS) is 20.5. The molecule has 0 atom stereocenters. The molecule has 1 heterocycles. The van der Waals surface area contributed by atoms with Gasteiger partial charge in [-0.15, -0.1) is 0 Å². The molecular weight excluding hydrogens is 230 g/mol. The van der Waals surface area contributed by atoms with Crippen molar-refractivity contribution in [2.45, 2.75) is 31.1 Å². The van der Waals surface area contributed by atoms with E-state index in [9.17, 15) is 14.7 Å². The van der Waals surface area contributed by atoms with Crippen LogP contribution in [-0.2, 0) is 21.4 Å². The number of carbonyl (C=O) groups is 2. The zero-order valence-electron chi connectivity index (χ0n) is 10.3. The summed E-state index contributed by atoms with van der Waals surface area (Å²) in [5, 5.41) is 9.40. The van der Waals surface area contributed by atoms with E-state index in [1.54, 1.807) is 11.9 Å². The van der Waals surface area contributed by atoms with E-state index < -0.39 is 11.4 Å². The summed E-state index contributed by atoms with van der Waals surface area (Å²) >= 11 is 0. The van der Waals surface area contributed by atoms with Crippen LogP contribution < -0.4 is 4.90 Å². The van der Waals surface area contributed by atoms with Gasteiger partial charge in [-0.1, -0.05) is 12.1 Å². The van der Waals surface area contributed by atoms with Crippen LogP contribution in [0.2, 0.25) is 0 Å². The predicted octanol–water partition coefficient (Wildman–Crippen LogP) is 1.71. The number of carboxylic acid groups (broad SMARTS) is 1. The molecule has 0 saturated heterocycles. The fourth-order valence-electron chi connectivity index (χ4n) is 2.86. The highest BCUT2D eigenvalue weighted by Crippen LogP contribution is 2.51. The molecular formula is C14H15NO3. The molecule has 0 unspecified atom stereocenters. The molecule has 0 spiro atoms. The molecule has 4 heteroatoms. The summed E-state index contributed by atoms with van der Waals surface area (Å²) in [6.45, 7) is 0. The SMILES string of the molecule is CN1C(=O)CCc2c1cccc2C1(C(=O)O)CC1. The lowest BCUT2D eigenvalue weighted by molar-refractivity contribution is -0.140. The van der Waals surface area contributed by atoms with Crippen molar-refractivity contribution in [3.8, 4) is 0 Å². The van der Waals surface area contributed by atoms with E-state index in [0.29, 0.717) is 25.7 Å². The molecule has 4 nitrogen and oxygen atoms in total. The average Bonchev–Trinajstić information content (AvgIpc) is 3.15. The van der Waals surface area contributed by atoms with Gasteiger partial charge in [0.2, 0.25) is 5.91 Å². The molecule has 1 saturated carbocycles. The van der Waals surface area contributed by atoms with Crippen molar-refractivity contribution in [3.63, 3.8) is 0 Å². The number of aliphatic carboxylic acids is 1. The van der Waals surface area contributed by atoms with E-state index in [-0.39, 0.29) is 5.91 Å². The Labute approximate surface area is 105 Å². The third-order valence-corrected chi connectivity index (χ3v) is 4.15. The van der Waals surface area contributed by atoms with Gasteiger partial charge >= 0.3 is 5.97 Å². The van der Waals surface area contributed by atoms with Crippen LogP contribution in [0.4, 0.5) is 5.69 Å². The van der Waals surface area contributed by atoms with Crippen LogP contribution in [0, 0.1) is 0 Å². The number of carbonyl (C=O) groups excluding carboxylic acids is 1. The minimum Gasteiger partial charge on any atom is -0.481 e. The molecule has 0 bridgehead atoms. The second-order valence-corrected chi connectivity index (χ2v) is 5.14. The summed E-state index contributed by atoms with van der Waals surface area (Å²) in [7, 11) is 1.75. The van der Waals surface area contributed by atoms with Crippen LogP contribution in [0.1, 0.15) is 30.4 Å². The van der Waals surface area contributed by atoms with Crippen LogP contribution >= 0.6 is 0 Å². The Bertz CT molecular complexity index is 546. The van der Waals surface area contributed by atoms with Gasteiger partial charge in [-0.2, -0.15) is 0 Å². The third-order valence-electron chi connectivity index (χ3n) is 4.15. The van der Waals surface area contributed by atoms with Crippen molar-refractivity contribution in [3.05, 3.63) is 29.3 Å². The van der Waals surface area contributed by atoms with Crippen molar-refractivity contribution in [2.24, 2.45) is 0 Å². The van der Waals surface area contributed by atoms with Crippen LogP contribution in [-0.4, -0.2) is 24.0 Å². The lowest BCUT2D eigenvalue weighted by atomic mass is 9.86. The Balaban J connectivity index is 2.14. The Kier molecular flexibility index (Phi) is 2.24. The largest absolute Gasteiger partial charge is 0.481 e. The van der Waals surface area contributed by atoms with Crippen molar-refractivity contribution in [1.82, 2.24) is 0 Å². The van der Waals surface area contributed by atoms with E-state index in [0.717, 1.165) is 16.8 Å². The zero-order valence-corrected chi connectivity index (χ0v) is 10.3. The highest BCUT2D eigenvalue weighted by atomic mass is 16.4. The molecule has 2 aliphatic rings. The van der Waals surface area contributed by atoms with Crippen molar-refractivity contribution >= 4 is 17.6 Å². The number of nitrogens with zero attached hydrogens (tertiary/aromatic N) is 1. The van der Waals surface area contributed by atoms with E-state index in [1.165, 1.54) is 0 Å². The van der Waals surface area contributed by atoms with Gasteiger partial charge in [-0.25, -0.2) is 0 Å². The van der Waals surface area contributed by atoms with Crippen molar-refractivity contribution in [1.29, 1.82) is 0 Å². The fourth-order valence-corrected chi connectivity index (χ4v) is 2.86. The number of hydrogen-bond donors (Lipinski definition) is 1. The molecule has 1 N–H and O–H groups in total. The highest BCUT2D eigenvalue weighted by molar-refractivity contribution is 5.97. The van der Waals surface area contributed by atoms with Crippen molar-refractivity contribution in [2.75, 3.05) is 11.9 Å². The first kappa shape index (κ1) is 11.3. The van der Waals surface area contributed by atoms with Crippen molar-refractivity contribution < 1.29 is 14.7 Å². The van der Waals surface area contributed by atoms with E-state index in [4.69, 9.17) is 0 Å². The Morgan fingerprint density at radius 2 is 2.06 bits per heavy atom. The number of anilines is 1. The van der Waals surface area contributed by atoms with Crippen LogP contribution in [0.25, 0.3) is 0 Å². The smallest absolute Gasteiger partial charge is 0.314 e. The van der Waals surface area contributed by atoms with E-state index >= 15 is 0 Å². The number of rotatable bonds is 2. The summed E-state index contributed by atoms with van der Waals surface area (Å²) in [6, 6.07) is 5.66. The number of hydrogen-bond acceptors (Lipinski definition) is 2. The second kappa shape index (κ2) is 3.57. The zero-order chi connectivity index (χ0) is 12.9. The second-order valence-electron chi connectivity index (χ2n) is 5.14. The number of fused-ring (bicyclic) bond motifs is 1. The van der Waals surface area contributed by atoms with Crippen LogP contribution in [0.5, 0.6) is 0 Å². The first-order chi connectivity index (χ1) is 8.56. The molecule has 1 aromatic carbocycles. The maximum Gasteiger partial charge on any atom is 0.314 e. The summed E-state index contributed by atoms with van der Waals surface area (Å²) in [5.74, 6) is -0.643. The van der Waals surface area contributed by atoms with Gasteiger partial charge in [0.05, 0.1) is 5.41 Å². The maximum atomic E-state index is 11.7.